The third-order valence-corrected chi connectivity index (χ3v) is 5.82. The van der Waals surface area contributed by atoms with Crippen LogP contribution >= 0.6 is 11.3 Å². The molecule has 1 aliphatic carbocycles. The quantitative estimate of drug-likeness (QED) is 0.351. The summed E-state index contributed by atoms with van der Waals surface area (Å²) >= 11 is 1.41. The molecule has 1 N–H and O–H groups in total. The van der Waals surface area contributed by atoms with Gasteiger partial charge < -0.3 is 10.1 Å². The Kier molecular flexibility index (Phi) is 5.89. The van der Waals surface area contributed by atoms with E-state index < -0.39 is 16.8 Å². The van der Waals surface area contributed by atoms with Crippen molar-refractivity contribution in [3.63, 3.8) is 0 Å². The van der Waals surface area contributed by atoms with Crippen molar-refractivity contribution in [2.75, 3.05) is 12.4 Å². The van der Waals surface area contributed by atoms with E-state index in [0.717, 1.165) is 29.7 Å². The van der Waals surface area contributed by atoms with Crippen LogP contribution in [0.15, 0.2) is 30.3 Å². The zero-order chi connectivity index (χ0) is 20.3. The summed E-state index contributed by atoms with van der Waals surface area (Å²) in [6, 6.07) is 5.99. The molecule has 0 aliphatic heterocycles. The maximum Gasteiger partial charge on any atom is 0.341 e. The van der Waals surface area contributed by atoms with Gasteiger partial charge in [-0.15, -0.1) is 11.3 Å². The van der Waals surface area contributed by atoms with Crippen molar-refractivity contribution >= 4 is 40.0 Å². The summed E-state index contributed by atoms with van der Waals surface area (Å²) in [5, 5.41) is 14.1. The third kappa shape index (κ3) is 4.28. The maximum atomic E-state index is 12.4. The second-order valence-electron chi connectivity index (χ2n) is 6.72. The number of non-ortho nitro benzene ring substituents is 1. The number of nitrogens with one attached hydrogen (secondary N) is 1. The Balaban J connectivity index is 1.81. The summed E-state index contributed by atoms with van der Waals surface area (Å²) < 4.78 is 4.91. The summed E-state index contributed by atoms with van der Waals surface area (Å²) in [7, 11) is 1.33. The number of methoxy groups -OCH3 is 1. The lowest BCUT2D eigenvalue weighted by molar-refractivity contribution is -0.384. The third-order valence-electron chi connectivity index (χ3n) is 4.65. The highest BCUT2D eigenvalue weighted by Gasteiger charge is 2.28. The molecule has 1 aromatic heterocycles. The number of nitro benzene ring substituents is 1. The van der Waals surface area contributed by atoms with Gasteiger partial charge in [0, 0.05) is 23.1 Å². The minimum absolute atomic E-state index is 0.0458. The summed E-state index contributed by atoms with van der Waals surface area (Å²) in [6.07, 6.45) is 5.45. The Morgan fingerprint density at radius 1 is 1.39 bits per heavy atom. The summed E-state index contributed by atoms with van der Waals surface area (Å²) in [5.74, 6) is -0.331. The van der Waals surface area contributed by atoms with Gasteiger partial charge in [0.05, 0.1) is 17.6 Å². The molecule has 28 heavy (non-hydrogen) atoms. The number of anilines is 1. The van der Waals surface area contributed by atoms with E-state index in [1.165, 1.54) is 42.7 Å². The first-order valence-corrected chi connectivity index (χ1v) is 9.67. The number of hydrogen-bond donors (Lipinski definition) is 1. The van der Waals surface area contributed by atoms with E-state index in [0.29, 0.717) is 22.0 Å². The number of thiophene rings is 1. The van der Waals surface area contributed by atoms with Crippen molar-refractivity contribution in [2.45, 2.75) is 26.2 Å². The molecule has 8 heteroatoms. The number of nitrogens with zero attached hydrogens (tertiary/aromatic N) is 1. The number of esters is 1. The van der Waals surface area contributed by atoms with Gasteiger partial charge in [0.15, 0.2) is 0 Å². The Hall–Kier alpha value is -3.00. The lowest BCUT2D eigenvalue weighted by Crippen LogP contribution is -2.14. The SMILES string of the molecule is COC(=O)c1c(NC(=O)/C=C/c2cccc([N+](=O)[O-])c2)sc2c1CCC(C)C2. The van der Waals surface area contributed by atoms with Gasteiger partial charge in [0.25, 0.3) is 5.69 Å². The van der Waals surface area contributed by atoms with Gasteiger partial charge in [-0.2, -0.15) is 0 Å². The van der Waals surface area contributed by atoms with E-state index in [2.05, 4.69) is 12.2 Å². The van der Waals surface area contributed by atoms with E-state index in [4.69, 9.17) is 4.74 Å². The molecule has 0 radical (unpaired) electrons. The number of carbonyl (C=O) groups is 2. The number of fused-ring (bicyclic) bond motifs is 1. The van der Waals surface area contributed by atoms with Crippen molar-refractivity contribution in [1.29, 1.82) is 0 Å². The fourth-order valence-electron chi connectivity index (χ4n) is 3.22. The van der Waals surface area contributed by atoms with Crippen molar-refractivity contribution in [1.82, 2.24) is 0 Å². The second kappa shape index (κ2) is 8.35. The van der Waals surface area contributed by atoms with Crippen molar-refractivity contribution < 1.29 is 19.2 Å². The average molecular weight is 400 g/mol. The van der Waals surface area contributed by atoms with Gasteiger partial charge in [0.2, 0.25) is 5.91 Å². The van der Waals surface area contributed by atoms with Crippen molar-refractivity contribution in [3.8, 4) is 0 Å². The fraction of sp³-hybridized carbons (Fsp3) is 0.300. The van der Waals surface area contributed by atoms with Crippen LogP contribution in [0, 0.1) is 16.0 Å². The normalized spacial score (nSPS) is 15.9. The van der Waals surface area contributed by atoms with Crippen LogP contribution in [0.3, 0.4) is 0 Å². The van der Waals surface area contributed by atoms with Crippen LogP contribution in [0.25, 0.3) is 6.08 Å². The molecule has 1 aliphatic rings. The van der Waals surface area contributed by atoms with Crippen molar-refractivity contribution in [3.05, 3.63) is 62.0 Å². The number of carbonyl (C=O) groups excluding carboxylic acids is 2. The first-order valence-electron chi connectivity index (χ1n) is 8.85. The van der Waals surface area contributed by atoms with Crippen LogP contribution in [-0.4, -0.2) is 23.9 Å². The van der Waals surface area contributed by atoms with Crippen LogP contribution in [0.4, 0.5) is 10.7 Å². The van der Waals surface area contributed by atoms with E-state index >= 15 is 0 Å². The fourth-order valence-corrected chi connectivity index (χ4v) is 4.63. The van der Waals surface area contributed by atoms with Gasteiger partial charge in [-0.05, 0) is 42.4 Å². The van der Waals surface area contributed by atoms with Crippen LogP contribution in [0.2, 0.25) is 0 Å². The minimum Gasteiger partial charge on any atom is -0.465 e. The van der Waals surface area contributed by atoms with Crippen LogP contribution in [0.1, 0.15) is 39.7 Å². The Labute approximate surface area is 166 Å². The maximum absolute atomic E-state index is 12.4. The molecule has 0 spiro atoms. The summed E-state index contributed by atoms with van der Waals surface area (Å²) in [5.41, 5.74) is 1.90. The predicted molar refractivity (Wildman–Crippen MR) is 108 cm³/mol. The van der Waals surface area contributed by atoms with Crippen LogP contribution in [0.5, 0.6) is 0 Å². The lowest BCUT2D eigenvalue weighted by Gasteiger charge is -2.18. The van der Waals surface area contributed by atoms with E-state index in [1.807, 2.05) is 0 Å². The first-order chi connectivity index (χ1) is 13.4. The van der Waals surface area contributed by atoms with E-state index in [1.54, 1.807) is 12.1 Å². The number of ether oxygens (including phenoxy) is 1. The van der Waals surface area contributed by atoms with Gasteiger partial charge in [-0.3, -0.25) is 14.9 Å². The number of rotatable bonds is 5. The molecular weight excluding hydrogens is 380 g/mol. The predicted octanol–water partition coefficient (Wildman–Crippen LogP) is 4.22. The van der Waals surface area contributed by atoms with Crippen LogP contribution in [-0.2, 0) is 22.4 Å². The number of hydrogen-bond acceptors (Lipinski definition) is 6. The Bertz CT molecular complexity index is 964. The van der Waals surface area contributed by atoms with Crippen LogP contribution < -0.4 is 5.32 Å². The summed E-state index contributed by atoms with van der Waals surface area (Å²) in [4.78, 5) is 36.1. The van der Waals surface area contributed by atoms with Gasteiger partial charge in [-0.25, -0.2) is 4.79 Å². The lowest BCUT2D eigenvalue weighted by atomic mass is 9.88. The zero-order valence-corrected chi connectivity index (χ0v) is 16.4. The molecule has 0 bridgehead atoms. The number of nitro groups is 1. The first kappa shape index (κ1) is 19.8. The molecule has 146 valence electrons. The molecule has 1 unspecified atom stereocenters. The van der Waals surface area contributed by atoms with E-state index in [-0.39, 0.29) is 5.69 Å². The largest absolute Gasteiger partial charge is 0.465 e. The molecule has 0 saturated carbocycles. The van der Waals surface area contributed by atoms with E-state index in [9.17, 15) is 19.7 Å². The second-order valence-corrected chi connectivity index (χ2v) is 7.83. The average Bonchev–Trinajstić information content (AvgIpc) is 3.02. The molecule has 1 atom stereocenters. The molecule has 0 saturated heterocycles. The Morgan fingerprint density at radius 2 is 2.18 bits per heavy atom. The molecule has 0 fully saturated rings. The molecule has 3 rings (SSSR count). The Morgan fingerprint density at radius 3 is 2.89 bits per heavy atom. The molecule has 7 nitrogen and oxygen atoms in total. The van der Waals surface area contributed by atoms with Gasteiger partial charge >= 0.3 is 5.97 Å². The molecule has 1 heterocycles. The minimum atomic E-state index is -0.489. The molecule has 2 aromatic rings. The summed E-state index contributed by atoms with van der Waals surface area (Å²) in [6.45, 7) is 2.17. The highest BCUT2D eigenvalue weighted by molar-refractivity contribution is 7.17. The van der Waals surface area contributed by atoms with Gasteiger partial charge in [-0.1, -0.05) is 19.1 Å². The highest BCUT2D eigenvalue weighted by Crippen LogP contribution is 2.40. The molecule has 1 aromatic carbocycles. The van der Waals surface area contributed by atoms with Gasteiger partial charge in [0.1, 0.15) is 5.00 Å². The molecule has 1 amide bonds. The monoisotopic (exact) mass is 400 g/mol. The van der Waals surface area contributed by atoms with Crippen molar-refractivity contribution in [2.24, 2.45) is 5.92 Å². The number of amides is 1. The topological polar surface area (TPSA) is 98.5 Å². The molecular formula is C20H20N2O5S. The number of benzene rings is 1. The smallest absolute Gasteiger partial charge is 0.341 e. The highest BCUT2D eigenvalue weighted by atomic mass is 32.1. The standard InChI is InChI=1S/C20H20N2O5S/c1-12-6-8-15-16(10-12)28-19(18(15)20(24)27-2)21-17(23)9-7-13-4-3-5-14(11-13)22(25)26/h3-5,7,9,11-12H,6,8,10H2,1-2H3,(H,21,23)/b9-7+. The zero-order valence-electron chi connectivity index (χ0n) is 15.6.